The van der Waals surface area contributed by atoms with Crippen LogP contribution in [-0.4, -0.2) is 37.0 Å². The number of aliphatic carboxylic acids is 1. The standard InChI is InChI=1S/C30H39N3O6/c1-5-6-7-8-9-10-19-32-26(31-33(29(32)37)20-23-13-11-22(2)12-14-23)21-38-27(34)24-15-17-25(18-16-24)39-30(3,4)28(35)36/h11-18H,5-10,19-21H2,1-4H3,(H,35,36). The van der Waals surface area contributed by atoms with E-state index in [2.05, 4.69) is 12.0 Å². The molecule has 3 aromatic rings. The minimum atomic E-state index is -1.40. The van der Waals surface area contributed by atoms with Crippen molar-refractivity contribution in [2.75, 3.05) is 0 Å². The van der Waals surface area contributed by atoms with E-state index in [4.69, 9.17) is 9.47 Å². The Hall–Kier alpha value is -3.88. The number of carbonyl (C=O) groups is 2. The van der Waals surface area contributed by atoms with Crippen molar-refractivity contribution in [3.05, 3.63) is 81.5 Å². The number of rotatable bonds is 15. The van der Waals surface area contributed by atoms with Crippen LogP contribution in [0.25, 0.3) is 0 Å². The van der Waals surface area contributed by atoms with Gasteiger partial charge in [-0.25, -0.2) is 19.1 Å². The van der Waals surface area contributed by atoms with E-state index in [0.717, 1.165) is 30.4 Å². The summed E-state index contributed by atoms with van der Waals surface area (Å²) in [5.41, 5.74) is 0.748. The van der Waals surface area contributed by atoms with Crippen molar-refractivity contribution in [1.82, 2.24) is 14.3 Å². The number of carboxylic acids is 1. The van der Waals surface area contributed by atoms with Crippen LogP contribution >= 0.6 is 0 Å². The third-order valence-corrected chi connectivity index (χ3v) is 6.50. The highest BCUT2D eigenvalue weighted by Gasteiger charge is 2.29. The van der Waals surface area contributed by atoms with E-state index in [1.807, 2.05) is 31.2 Å². The summed E-state index contributed by atoms with van der Waals surface area (Å²) in [6.45, 7) is 7.78. The summed E-state index contributed by atoms with van der Waals surface area (Å²) < 4.78 is 14.0. The molecule has 3 rings (SSSR count). The minimum Gasteiger partial charge on any atom is -0.478 e. The molecule has 0 spiro atoms. The number of carboxylic acid groups (broad SMARTS) is 1. The molecule has 0 aliphatic rings. The van der Waals surface area contributed by atoms with Crippen LogP contribution in [0.2, 0.25) is 0 Å². The fraction of sp³-hybridized carbons (Fsp3) is 0.467. The van der Waals surface area contributed by atoms with Crippen molar-refractivity contribution < 1.29 is 24.2 Å². The molecule has 2 aromatic carbocycles. The van der Waals surface area contributed by atoms with Gasteiger partial charge in [0.05, 0.1) is 12.1 Å². The van der Waals surface area contributed by atoms with Crippen LogP contribution in [0.1, 0.15) is 86.6 Å². The number of esters is 1. The van der Waals surface area contributed by atoms with Gasteiger partial charge in [0.1, 0.15) is 5.75 Å². The Kier molecular flexibility index (Phi) is 10.5. The lowest BCUT2D eigenvalue weighted by Gasteiger charge is -2.21. The first kappa shape index (κ1) is 29.7. The van der Waals surface area contributed by atoms with Crippen LogP contribution in [0.5, 0.6) is 5.75 Å². The van der Waals surface area contributed by atoms with Crippen LogP contribution < -0.4 is 10.4 Å². The topological polar surface area (TPSA) is 113 Å². The highest BCUT2D eigenvalue weighted by Crippen LogP contribution is 2.20. The van der Waals surface area contributed by atoms with Gasteiger partial charge in [-0.2, -0.15) is 5.10 Å². The molecular weight excluding hydrogens is 498 g/mol. The first-order valence-electron chi connectivity index (χ1n) is 13.5. The Morgan fingerprint density at radius 2 is 1.59 bits per heavy atom. The van der Waals surface area contributed by atoms with E-state index in [-0.39, 0.29) is 17.9 Å². The van der Waals surface area contributed by atoms with E-state index in [1.165, 1.54) is 62.1 Å². The monoisotopic (exact) mass is 537 g/mol. The van der Waals surface area contributed by atoms with Gasteiger partial charge in [-0.1, -0.05) is 68.9 Å². The Morgan fingerprint density at radius 1 is 0.949 bits per heavy atom. The second-order valence-corrected chi connectivity index (χ2v) is 10.3. The van der Waals surface area contributed by atoms with Crippen LogP contribution in [-0.2, 0) is 29.2 Å². The molecule has 0 amide bonds. The van der Waals surface area contributed by atoms with Gasteiger partial charge in [0.25, 0.3) is 0 Å². The van der Waals surface area contributed by atoms with Gasteiger partial charge < -0.3 is 14.6 Å². The zero-order chi connectivity index (χ0) is 28.4. The van der Waals surface area contributed by atoms with Gasteiger partial charge >= 0.3 is 17.6 Å². The van der Waals surface area contributed by atoms with Crippen molar-refractivity contribution in [2.45, 2.75) is 91.5 Å². The molecule has 0 unspecified atom stereocenters. The summed E-state index contributed by atoms with van der Waals surface area (Å²) >= 11 is 0. The second-order valence-electron chi connectivity index (χ2n) is 10.3. The number of hydrogen-bond acceptors (Lipinski definition) is 6. The minimum absolute atomic E-state index is 0.144. The van der Waals surface area contributed by atoms with Gasteiger partial charge in [0.15, 0.2) is 18.0 Å². The maximum atomic E-state index is 13.2. The number of aromatic nitrogens is 3. The number of benzene rings is 2. The number of hydrogen-bond donors (Lipinski definition) is 1. The maximum absolute atomic E-state index is 13.2. The highest BCUT2D eigenvalue weighted by molar-refractivity contribution is 5.89. The van der Waals surface area contributed by atoms with Gasteiger partial charge in [0, 0.05) is 6.54 Å². The lowest BCUT2D eigenvalue weighted by Crippen LogP contribution is -2.37. The lowest BCUT2D eigenvalue weighted by atomic mass is 10.1. The molecular formula is C30H39N3O6. The van der Waals surface area contributed by atoms with Crippen LogP contribution in [0, 0.1) is 6.92 Å². The lowest BCUT2D eigenvalue weighted by molar-refractivity contribution is -0.152. The predicted octanol–water partition coefficient (Wildman–Crippen LogP) is 5.36. The van der Waals surface area contributed by atoms with Crippen molar-refractivity contribution in [1.29, 1.82) is 0 Å². The number of unbranched alkanes of at least 4 members (excludes halogenated alkanes) is 5. The summed E-state index contributed by atoms with van der Waals surface area (Å²) in [4.78, 5) is 37.2. The van der Waals surface area contributed by atoms with Crippen molar-refractivity contribution in [2.24, 2.45) is 0 Å². The highest BCUT2D eigenvalue weighted by atomic mass is 16.5. The quantitative estimate of drug-likeness (QED) is 0.205. The zero-order valence-corrected chi connectivity index (χ0v) is 23.3. The van der Waals surface area contributed by atoms with Crippen molar-refractivity contribution in [3.63, 3.8) is 0 Å². The largest absolute Gasteiger partial charge is 0.478 e. The van der Waals surface area contributed by atoms with E-state index >= 15 is 0 Å². The van der Waals surface area contributed by atoms with Crippen LogP contribution in [0.15, 0.2) is 53.3 Å². The summed E-state index contributed by atoms with van der Waals surface area (Å²) in [7, 11) is 0. The smallest absolute Gasteiger partial charge is 0.347 e. The van der Waals surface area contributed by atoms with Gasteiger partial charge in [0.2, 0.25) is 0 Å². The predicted molar refractivity (Wildman–Crippen MR) is 148 cm³/mol. The number of ether oxygens (including phenoxy) is 2. The maximum Gasteiger partial charge on any atom is 0.347 e. The Morgan fingerprint density at radius 3 is 2.23 bits per heavy atom. The first-order valence-corrected chi connectivity index (χ1v) is 13.5. The van der Waals surface area contributed by atoms with E-state index in [0.29, 0.717) is 24.7 Å². The molecule has 1 aromatic heterocycles. The zero-order valence-electron chi connectivity index (χ0n) is 23.3. The van der Waals surface area contributed by atoms with Gasteiger partial charge in [-0.15, -0.1) is 0 Å². The van der Waals surface area contributed by atoms with Crippen LogP contribution in [0.4, 0.5) is 0 Å². The normalized spacial score (nSPS) is 11.4. The molecule has 9 heteroatoms. The molecule has 0 aliphatic heterocycles. The molecule has 0 fully saturated rings. The summed E-state index contributed by atoms with van der Waals surface area (Å²) in [6, 6.07) is 14.0. The second kappa shape index (κ2) is 13.8. The Bertz CT molecular complexity index is 1290. The fourth-order valence-electron chi connectivity index (χ4n) is 4.05. The average molecular weight is 538 g/mol. The SMILES string of the molecule is CCCCCCCCn1c(COC(=O)c2ccc(OC(C)(C)C(=O)O)cc2)nn(Cc2ccc(C)cc2)c1=O. The van der Waals surface area contributed by atoms with E-state index < -0.39 is 17.5 Å². The molecule has 39 heavy (non-hydrogen) atoms. The van der Waals surface area contributed by atoms with Gasteiger partial charge in [-0.05, 0) is 57.0 Å². The summed E-state index contributed by atoms with van der Waals surface area (Å²) in [6.07, 6.45) is 6.54. The van der Waals surface area contributed by atoms with Crippen LogP contribution in [0.3, 0.4) is 0 Å². The molecule has 1 N–H and O–H groups in total. The van der Waals surface area contributed by atoms with E-state index in [1.54, 1.807) is 4.57 Å². The molecule has 1 heterocycles. The molecule has 0 radical (unpaired) electrons. The average Bonchev–Trinajstić information content (AvgIpc) is 3.20. The molecule has 0 atom stereocenters. The fourth-order valence-corrected chi connectivity index (χ4v) is 4.05. The number of aryl methyl sites for hydroxylation is 1. The Labute approximate surface area is 229 Å². The summed E-state index contributed by atoms with van der Waals surface area (Å²) in [5, 5.41) is 13.7. The third kappa shape index (κ3) is 8.56. The number of nitrogens with zero attached hydrogens (tertiary/aromatic N) is 3. The summed E-state index contributed by atoms with van der Waals surface area (Å²) in [5.74, 6) is -0.954. The van der Waals surface area contributed by atoms with Gasteiger partial charge in [-0.3, -0.25) is 4.57 Å². The molecule has 0 saturated carbocycles. The third-order valence-electron chi connectivity index (χ3n) is 6.50. The first-order chi connectivity index (χ1) is 18.6. The van der Waals surface area contributed by atoms with Crippen molar-refractivity contribution >= 4 is 11.9 Å². The number of carbonyl (C=O) groups excluding carboxylic acids is 1. The molecule has 0 bridgehead atoms. The molecule has 0 aliphatic carbocycles. The van der Waals surface area contributed by atoms with E-state index in [9.17, 15) is 19.5 Å². The molecule has 0 saturated heterocycles. The molecule has 9 nitrogen and oxygen atoms in total. The van der Waals surface area contributed by atoms with Crippen molar-refractivity contribution in [3.8, 4) is 5.75 Å². The Balaban J connectivity index is 1.70. The molecule has 210 valence electrons.